The molecule has 184 valence electrons. The van der Waals surface area contributed by atoms with Crippen LogP contribution in [0.3, 0.4) is 0 Å². The van der Waals surface area contributed by atoms with Crippen molar-refractivity contribution in [3.05, 3.63) is 69.3 Å². The predicted octanol–water partition coefficient (Wildman–Crippen LogP) is 5.32. The van der Waals surface area contributed by atoms with Crippen molar-refractivity contribution >= 4 is 0 Å². The molecule has 0 saturated heterocycles. The molecule has 0 aliphatic rings. The number of hydrogen-bond donors (Lipinski definition) is 0. The zero-order chi connectivity index (χ0) is 25.5. The van der Waals surface area contributed by atoms with E-state index in [4.69, 9.17) is 0 Å². The van der Waals surface area contributed by atoms with E-state index in [2.05, 4.69) is 0 Å². The van der Waals surface area contributed by atoms with Crippen molar-refractivity contribution in [2.75, 3.05) is 41.3 Å². The molecular weight excluding hydrogens is 470 g/mol. The lowest BCUT2D eigenvalue weighted by Gasteiger charge is -2.34. The van der Waals surface area contributed by atoms with Crippen LogP contribution < -0.4 is 0 Å². The number of halogens is 10. The smallest absolute Gasteiger partial charge is 0.200 e. The van der Waals surface area contributed by atoms with E-state index in [9.17, 15) is 43.9 Å². The highest BCUT2D eigenvalue weighted by atomic mass is 19.2. The first-order chi connectivity index (χ1) is 15.0. The topological polar surface area (TPSA) is 0 Å². The van der Waals surface area contributed by atoms with Crippen molar-refractivity contribution in [3.63, 3.8) is 0 Å². The molecule has 0 aromatic heterocycles. The van der Waals surface area contributed by atoms with Gasteiger partial charge in [0.15, 0.2) is 46.5 Å². The largest absolute Gasteiger partial charge is 0.324 e. The number of hydrogen-bond acceptors (Lipinski definition) is 0. The maximum absolute atomic E-state index is 14.0. The van der Waals surface area contributed by atoms with Gasteiger partial charge in [-0.1, -0.05) is 0 Å². The van der Waals surface area contributed by atoms with Crippen molar-refractivity contribution in [3.8, 4) is 0 Å². The van der Waals surface area contributed by atoms with Gasteiger partial charge in [0, 0.05) is 6.42 Å². The first-order valence-corrected chi connectivity index (χ1v) is 9.65. The van der Waals surface area contributed by atoms with E-state index in [0.29, 0.717) is 0 Å². The first-order valence-electron chi connectivity index (χ1n) is 9.65. The maximum atomic E-state index is 14.0. The summed E-state index contributed by atoms with van der Waals surface area (Å²) in [6, 6.07) is 0. The normalized spacial score (nSPS) is 12.5. The fraction of sp³-hybridized carbons (Fsp3) is 0.429. The Balaban J connectivity index is 2.12. The predicted molar refractivity (Wildman–Crippen MR) is 98.4 cm³/mol. The van der Waals surface area contributed by atoms with Gasteiger partial charge in [0.1, 0.15) is 13.1 Å². The zero-order valence-corrected chi connectivity index (χ0v) is 18.2. The molecule has 33 heavy (non-hydrogen) atoms. The van der Waals surface area contributed by atoms with Gasteiger partial charge in [-0.2, -0.15) is 0 Å². The van der Waals surface area contributed by atoms with Crippen LogP contribution in [0.1, 0.15) is 17.5 Å². The van der Waals surface area contributed by atoms with E-state index in [1.54, 1.807) is 0 Å². The minimum atomic E-state index is -2.26. The summed E-state index contributed by atoms with van der Waals surface area (Å²) in [6.45, 7) is -0.815. The molecular formula is C21H22F10N2+2. The molecule has 0 bridgehead atoms. The average Bonchev–Trinajstić information content (AvgIpc) is 2.74. The van der Waals surface area contributed by atoms with Crippen molar-refractivity contribution in [1.82, 2.24) is 0 Å². The van der Waals surface area contributed by atoms with Gasteiger partial charge in [-0.3, -0.25) is 0 Å². The number of nitrogens with zero attached hydrogens (tertiary/aromatic N) is 2. The lowest BCUT2D eigenvalue weighted by atomic mass is 10.1. The van der Waals surface area contributed by atoms with Crippen LogP contribution in [0, 0.1) is 58.2 Å². The standard InChI is InChI=1S/C21H22F10N2/c1-32(2,8-10-12(22)16(26)20(30)17(27)13(10)23)6-5-7-33(3,4)9-11-14(24)18(28)21(31)19(29)15(11)25/h5-9H2,1-4H3/q+2. The maximum Gasteiger partial charge on any atom is 0.200 e. The van der Waals surface area contributed by atoms with Crippen LogP contribution in [0.25, 0.3) is 0 Å². The van der Waals surface area contributed by atoms with Crippen LogP contribution in [0.4, 0.5) is 43.9 Å². The van der Waals surface area contributed by atoms with E-state index < -0.39 is 82.4 Å². The Bertz CT molecular complexity index is 924. The highest BCUT2D eigenvalue weighted by molar-refractivity contribution is 5.24. The van der Waals surface area contributed by atoms with E-state index in [-0.39, 0.29) is 28.5 Å². The number of rotatable bonds is 8. The third-order valence-electron chi connectivity index (χ3n) is 5.30. The summed E-state index contributed by atoms with van der Waals surface area (Å²) < 4.78 is 136. The highest BCUT2D eigenvalue weighted by Gasteiger charge is 2.32. The second-order valence-corrected chi connectivity index (χ2v) is 9.09. The quantitative estimate of drug-likeness (QED) is 0.203. The van der Waals surface area contributed by atoms with Gasteiger partial charge in [-0.15, -0.1) is 0 Å². The van der Waals surface area contributed by atoms with Crippen molar-refractivity contribution in [2.45, 2.75) is 19.5 Å². The molecule has 2 nitrogen and oxygen atoms in total. The Morgan fingerprint density at radius 3 is 0.848 bits per heavy atom. The third-order valence-corrected chi connectivity index (χ3v) is 5.30. The molecule has 0 radical (unpaired) electrons. The molecule has 0 saturated carbocycles. The number of benzene rings is 2. The SMILES string of the molecule is C[N+](C)(CCC[N+](C)(C)Cc1c(F)c(F)c(F)c(F)c1F)Cc1c(F)c(F)c(F)c(F)c1F. The second kappa shape index (κ2) is 9.49. The van der Waals surface area contributed by atoms with Gasteiger partial charge in [0.05, 0.1) is 52.4 Å². The summed E-state index contributed by atoms with van der Waals surface area (Å²) in [4.78, 5) is 0. The highest BCUT2D eigenvalue weighted by Crippen LogP contribution is 2.27. The van der Waals surface area contributed by atoms with Crippen LogP contribution in [-0.4, -0.2) is 50.2 Å². The Kier molecular flexibility index (Phi) is 7.74. The summed E-state index contributed by atoms with van der Waals surface area (Å²) >= 11 is 0. The molecule has 12 heteroatoms. The molecule has 0 aliphatic heterocycles. The minimum absolute atomic E-state index is 0.137. The van der Waals surface area contributed by atoms with Crippen LogP contribution in [0.15, 0.2) is 0 Å². The van der Waals surface area contributed by atoms with E-state index >= 15 is 0 Å². The van der Waals surface area contributed by atoms with Crippen LogP contribution in [0.5, 0.6) is 0 Å². The first kappa shape index (κ1) is 26.9. The van der Waals surface area contributed by atoms with Gasteiger partial charge >= 0.3 is 0 Å². The fourth-order valence-corrected chi connectivity index (χ4v) is 3.52. The van der Waals surface area contributed by atoms with Gasteiger partial charge in [0.2, 0.25) is 11.6 Å². The van der Waals surface area contributed by atoms with Crippen LogP contribution in [0.2, 0.25) is 0 Å². The molecule has 0 aliphatic carbocycles. The number of quaternary nitrogens is 2. The minimum Gasteiger partial charge on any atom is -0.324 e. The molecule has 0 spiro atoms. The summed E-state index contributed by atoms with van der Waals surface area (Å²) in [5.41, 5.74) is -1.96. The Morgan fingerprint density at radius 2 is 0.606 bits per heavy atom. The fourth-order valence-electron chi connectivity index (χ4n) is 3.52. The third kappa shape index (κ3) is 5.60. The molecule has 2 rings (SSSR count). The Hall–Kier alpha value is -2.34. The Labute approximate surface area is 183 Å². The average molecular weight is 492 g/mol. The summed E-state index contributed by atoms with van der Waals surface area (Å²) in [5, 5.41) is 0. The molecule has 0 unspecified atom stereocenters. The second-order valence-electron chi connectivity index (χ2n) is 9.09. The molecule has 0 atom stereocenters. The molecule has 0 amide bonds. The van der Waals surface area contributed by atoms with Crippen LogP contribution >= 0.6 is 0 Å². The zero-order valence-electron chi connectivity index (χ0n) is 18.2. The van der Waals surface area contributed by atoms with E-state index in [1.165, 1.54) is 28.2 Å². The molecule has 0 heterocycles. The van der Waals surface area contributed by atoms with Crippen LogP contribution in [-0.2, 0) is 13.1 Å². The summed E-state index contributed by atoms with van der Waals surface area (Å²) in [6.07, 6.45) is 0.227. The van der Waals surface area contributed by atoms with Gasteiger partial charge < -0.3 is 8.97 Å². The monoisotopic (exact) mass is 492 g/mol. The lowest BCUT2D eigenvalue weighted by Crippen LogP contribution is -2.45. The van der Waals surface area contributed by atoms with Gasteiger partial charge in [-0.05, 0) is 0 Å². The summed E-state index contributed by atoms with van der Waals surface area (Å²) in [7, 11) is 5.90. The van der Waals surface area contributed by atoms with Gasteiger partial charge in [0.25, 0.3) is 0 Å². The van der Waals surface area contributed by atoms with Crippen molar-refractivity contribution < 1.29 is 52.9 Å². The lowest BCUT2D eigenvalue weighted by molar-refractivity contribution is -0.922. The van der Waals surface area contributed by atoms with Gasteiger partial charge in [-0.25, -0.2) is 43.9 Å². The molecule has 0 fully saturated rings. The van der Waals surface area contributed by atoms with Crippen molar-refractivity contribution in [2.24, 2.45) is 0 Å². The Morgan fingerprint density at radius 1 is 0.394 bits per heavy atom. The molecule has 2 aromatic carbocycles. The summed E-state index contributed by atoms with van der Waals surface area (Å²) in [5.74, 6) is -20.4. The van der Waals surface area contributed by atoms with E-state index in [1.807, 2.05) is 0 Å². The molecule has 0 N–H and O–H groups in total. The van der Waals surface area contributed by atoms with E-state index in [0.717, 1.165) is 0 Å². The van der Waals surface area contributed by atoms with Crippen molar-refractivity contribution in [1.29, 1.82) is 0 Å². The molecule has 2 aromatic rings.